The molecule has 0 aliphatic rings. The smallest absolute Gasteiger partial charge is 0.158 e. The molecule has 0 spiro atoms. The van der Waals surface area contributed by atoms with Gasteiger partial charge in [0.2, 0.25) is 0 Å². The molecule has 0 aliphatic heterocycles. The molecule has 0 fully saturated rings. The van der Waals surface area contributed by atoms with Crippen LogP contribution in [0.2, 0.25) is 0 Å². The van der Waals surface area contributed by atoms with Gasteiger partial charge in [0.15, 0.2) is 5.82 Å². The minimum atomic E-state index is 0.0377. The number of nitrogens with one attached hydrogen (secondary N) is 1. The summed E-state index contributed by atoms with van der Waals surface area (Å²) in [5, 5.41) is 10.1. The summed E-state index contributed by atoms with van der Waals surface area (Å²) >= 11 is 3.34. The highest BCUT2D eigenvalue weighted by Crippen LogP contribution is 2.38. The molecule has 7 heteroatoms. The predicted molar refractivity (Wildman–Crippen MR) is 122 cm³/mol. The number of nitrogens with zero attached hydrogens (tertiary/aromatic N) is 3. The highest BCUT2D eigenvalue weighted by atomic mass is 32.1. The van der Waals surface area contributed by atoms with Crippen LogP contribution in [0.15, 0.2) is 41.1 Å². The maximum Gasteiger partial charge on any atom is 0.158 e. The Hall–Kier alpha value is -2.35. The van der Waals surface area contributed by atoms with Crippen LogP contribution in [0.5, 0.6) is 0 Å². The fourth-order valence-electron chi connectivity index (χ4n) is 3.16. The third kappa shape index (κ3) is 4.17. The van der Waals surface area contributed by atoms with E-state index in [2.05, 4.69) is 61.1 Å². The molecule has 3 aromatic heterocycles. The van der Waals surface area contributed by atoms with Gasteiger partial charge in [0.1, 0.15) is 17.3 Å². The molecule has 29 heavy (non-hydrogen) atoms. The Morgan fingerprint density at radius 1 is 1.00 bits per heavy atom. The Morgan fingerprint density at radius 3 is 2.48 bits per heavy atom. The van der Waals surface area contributed by atoms with Gasteiger partial charge in [-0.05, 0) is 12.5 Å². The molecular formula is C22H24N4OS2. The first-order valence-corrected chi connectivity index (χ1v) is 11.4. The van der Waals surface area contributed by atoms with E-state index < -0.39 is 0 Å². The van der Waals surface area contributed by atoms with Gasteiger partial charge in [-0.3, -0.25) is 0 Å². The first-order valence-electron chi connectivity index (χ1n) is 9.61. The van der Waals surface area contributed by atoms with Crippen molar-refractivity contribution < 1.29 is 4.74 Å². The quantitative estimate of drug-likeness (QED) is 0.379. The van der Waals surface area contributed by atoms with Gasteiger partial charge in [0, 0.05) is 29.4 Å². The Kier molecular flexibility index (Phi) is 5.89. The molecular weight excluding hydrogens is 400 g/mol. The number of anilines is 1. The van der Waals surface area contributed by atoms with E-state index in [1.165, 1.54) is 0 Å². The van der Waals surface area contributed by atoms with E-state index in [9.17, 15) is 0 Å². The lowest BCUT2D eigenvalue weighted by Crippen LogP contribution is -2.11. The van der Waals surface area contributed by atoms with Gasteiger partial charge in [-0.25, -0.2) is 15.0 Å². The normalized spacial score (nSPS) is 12.6. The average Bonchev–Trinajstić information content (AvgIpc) is 3.37. The van der Waals surface area contributed by atoms with Crippen LogP contribution >= 0.6 is 22.7 Å². The zero-order valence-electron chi connectivity index (χ0n) is 17.0. The van der Waals surface area contributed by atoms with Gasteiger partial charge in [-0.2, -0.15) is 0 Å². The van der Waals surface area contributed by atoms with Crippen molar-refractivity contribution in [2.45, 2.75) is 39.3 Å². The van der Waals surface area contributed by atoms with Crippen molar-refractivity contribution in [1.82, 2.24) is 15.0 Å². The Balaban J connectivity index is 1.77. The number of rotatable bonds is 7. The third-order valence-corrected chi connectivity index (χ3v) is 6.70. The van der Waals surface area contributed by atoms with E-state index in [4.69, 9.17) is 19.7 Å². The molecule has 4 aromatic rings. The molecule has 0 saturated heterocycles. The van der Waals surface area contributed by atoms with Crippen LogP contribution in [-0.2, 0) is 11.3 Å². The van der Waals surface area contributed by atoms with Crippen LogP contribution in [0.25, 0.3) is 21.3 Å². The number of methoxy groups -OCH3 is 1. The molecule has 1 N–H and O–H groups in total. The van der Waals surface area contributed by atoms with Crippen molar-refractivity contribution in [3.05, 3.63) is 57.6 Å². The molecule has 1 atom stereocenters. The number of hydrogen-bond donors (Lipinski definition) is 1. The van der Waals surface area contributed by atoms with Crippen LogP contribution in [0.3, 0.4) is 0 Å². The van der Waals surface area contributed by atoms with E-state index in [1.807, 2.05) is 6.07 Å². The number of ether oxygens (including phenoxy) is 1. The maximum atomic E-state index is 5.28. The van der Waals surface area contributed by atoms with E-state index in [-0.39, 0.29) is 6.04 Å². The molecule has 0 amide bonds. The predicted octanol–water partition coefficient (Wildman–Crippen LogP) is 6.26. The van der Waals surface area contributed by atoms with Gasteiger partial charge in [-0.15, -0.1) is 22.7 Å². The first-order chi connectivity index (χ1) is 14.1. The Bertz CT molecular complexity index is 1100. The zero-order chi connectivity index (χ0) is 20.4. The van der Waals surface area contributed by atoms with Gasteiger partial charge < -0.3 is 10.1 Å². The highest BCUT2D eigenvalue weighted by molar-refractivity contribution is 7.17. The standard InChI is InChI=1S/C22H24N4OS2/c1-13(2)21-24-17(12-29-21)14(3)23-20-19-16(15-8-6-5-7-9-15)11-28-22(19)26-18(25-20)10-27-4/h5-9,11-14H,10H2,1-4H3,(H,23,25,26). The lowest BCUT2D eigenvalue weighted by atomic mass is 10.1. The third-order valence-electron chi connectivity index (χ3n) is 4.67. The summed E-state index contributed by atoms with van der Waals surface area (Å²) in [6, 6.07) is 10.4. The molecule has 0 radical (unpaired) electrons. The van der Waals surface area contributed by atoms with Crippen molar-refractivity contribution in [3.8, 4) is 11.1 Å². The Morgan fingerprint density at radius 2 is 1.79 bits per heavy atom. The minimum absolute atomic E-state index is 0.0377. The number of benzene rings is 1. The van der Waals surface area contributed by atoms with Gasteiger partial charge in [0.05, 0.1) is 22.1 Å². The summed E-state index contributed by atoms with van der Waals surface area (Å²) in [7, 11) is 1.66. The second-order valence-corrected chi connectivity index (χ2v) is 9.00. The molecule has 5 nitrogen and oxygen atoms in total. The largest absolute Gasteiger partial charge is 0.377 e. The summed E-state index contributed by atoms with van der Waals surface area (Å²) < 4.78 is 5.28. The monoisotopic (exact) mass is 424 g/mol. The molecule has 1 unspecified atom stereocenters. The fourth-order valence-corrected chi connectivity index (χ4v) is 5.05. The van der Waals surface area contributed by atoms with Crippen LogP contribution in [-0.4, -0.2) is 22.1 Å². The summed E-state index contributed by atoms with van der Waals surface area (Å²) in [6.07, 6.45) is 0. The van der Waals surface area contributed by atoms with Crippen molar-refractivity contribution >= 4 is 38.7 Å². The maximum absolute atomic E-state index is 5.28. The summed E-state index contributed by atoms with van der Waals surface area (Å²) in [4.78, 5) is 15.3. The second-order valence-electron chi connectivity index (χ2n) is 7.25. The molecule has 0 saturated carbocycles. The van der Waals surface area contributed by atoms with E-state index in [1.54, 1.807) is 29.8 Å². The number of thiazole rings is 1. The van der Waals surface area contributed by atoms with E-state index in [0.717, 1.165) is 37.9 Å². The second kappa shape index (κ2) is 8.57. The first kappa shape index (κ1) is 19.9. The molecule has 0 bridgehead atoms. The van der Waals surface area contributed by atoms with Crippen molar-refractivity contribution in [2.75, 3.05) is 12.4 Å². The fraction of sp³-hybridized carbons (Fsp3) is 0.318. The van der Waals surface area contributed by atoms with E-state index >= 15 is 0 Å². The summed E-state index contributed by atoms with van der Waals surface area (Å²) in [5.74, 6) is 1.94. The van der Waals surface area contributed by atoms with E-state index in [0.29, 0.717) is 18.3 Å². The van der Waals surface area contributed by atoms with Crippen molar-refractivity contribution in [2.24, 2.45) is 0 Å². The molecule has 150 valence electrons. The lowest BCUT2D eigenvalue weighted by Gasteiger charge is -2.15. The number of hydrogen-bond acceptors (Lipinski definition) is 7. The molecule has 0 aliphatic carbocycles. The lowest BCUT2D eigenvalue weighted by molar-refractivity contribution is 0.178. The van der Waals surface area contributed by atoms with Gasteiger partial charge in [0.25, 0.3) is 0 Å². The van der Waals surface area contributed by atoms with Crippen LogP contribution in [0.4, 0.5) is 5.82 Å². The van der Waals surface area contributed by atoms with Crippen molar-refractivity contribution in [3.63, 3.8) is 0 Å². The molecule has 1 aromatic carbocycles. The zero-order valence-corrected chi connectivity index (χ0v) is 18.6. The number of thiophene rings is 1. The minimum Gasteiger partial charge on any atom is -0.377 e. The SMILES string of the molecule is COCc1nc(NC(C)c2csc(C(C)C)n2)c2c(-c3ccccc3)csc2n1. The van der Waals surface area contributed by atoms with Crippen LogP contribution < -0.4 is 5.32 Å². The Labute approximate surface area is 178 Å². The van der Waals surface area contributed by atoms with Crippen LogP contribution in [0.1, 0.15) is 49.3 Å². The highest BCUT2D eigenvalue weighted by Gasteiger charge is 2.19. The van der Waals surface area contributed by atoms with Crippen molar-refractivity contribution in [1.29, 1.82) is 0 Å². The summed E-state index contributed by atoms with van der Waals surface area (Å²) in [6.45, 7) is 6.84. The molecule has 3 heterocycles. The summed E-state index contributed by atoms with van der Waals surface area (Å²) in [5.41, 5.74) is 3.34. The number of fused-ring (bicyclic) bond motifs is 1. The molecule has 4 rings (SSSR count). The topological polar surface area (TPSA) is 59.9 Å². The average molecular weight is 425 g/mol. The van der Waals surface area contributed by atoms with Crippen LogP contribution in [0, 0.1) is 0 Å². The number of aromatic nitrogens is 3. The van der Waals surface area contributed by atoms with Gasteiger partial charge >= 0.3 is 0 Å². The van der Waals surface area contributed by atoms with Gasteiger partial charge in [-0.1, -0.05) is 44.2 Å².